The molecular formula is C10H11F3N2O2. The number of hydrogen-bond donors (Lipinski definition) is 2. The average molecular weight is 248 g/mol. The second-order valence-corrected chi connectivity index (χ2v) is 3.96. The smallest absolute Gasteiger partial charge is 0.433 e. The molecule has 0 aliphatic rings. The van der Waals surface area contributed by atoms with Gasteiger partial charge in [0.25, 0.3) is 0 Å². The van der Waals surface area contributed by atoms with E-state index >= 15 is 0 Å². The standard InChI is InChI=1S/C10H11F3N2O2/c1-9(2,8(16)17)15-7-5-3-4-6(14-7)10(11,12)13/h3-5H,1-2H3,(H,14,15)(H,16,17). The predicted molar refractivity (Wildman–Crippen MR) is 54.6 cm³/mol. The van der Waals surface area contributed by atoms with Crippen molar-refractivity contribution in [1.29, 1.82) is 0 Å². The van der Waals surface area contributed by atoms with Crippen molar-refractivity contribution in [2.24, 2.45) is 0 Å². The summed E-state index contributed by atoms with van der Waals surface area (Å²) in [5.74, 6) is -1.32. The number of hydrogen-bond acceptors (Lipinski definition) is 3. The Kier molecular flexibility index (Phi) is 3.30. The molecule has 1 aromatic rings. The number of carbonyl (C=O) groups is 1. The highest BCUT2D eigenvalue weighted by molar-refractivity contribution is 5.81. The maximum absolute atomic E-state index is 12.4. The molecule has 0 spiro atoms. The van der Waals surface area contributed by atoms with Gasteiger partial charge in [-0.15, -0.1) is 0 Å². The minimum absolute atomic E-state index is 0.132. The van der Waals surface area contributed by atoms with Gasteiger partial charge in [0.15, 0.2) is 0 Å². The van der Waals surface area contributed by atoms with Crippen LogP contribution in [0.1, 0.15) is 19.5 Å². The van der Waals surface area contributed by atoms with E-state index in [-0.39, 0.29) is 5.82 Å². The molecule has 0 atom stereocenters. The van der Waals surface area contributed by atoms with Gasteiger partial charge in [0.2, 0.25) is 0 Å². The fourth-order valence-electron chi connectivity index (χ4n) is 1.04. The molecule has 7 heteroatoms. The number of rotatable bonds is 3. The van der Waals surface area contributed by atoms with Gasteiger partial charge >= 0.3 is 12.1 Å². The first kappa shape index (κ1) is 13.3. The summed E-state index contributed by atoms with van der Waals surface area (Å²) in [4.78, 5) is 14.1. The highest BCUT2D eigenvalue weighted by Crippen LogP contribution is 2.28. The number of nitrogens with zero attached hydrogens (tertiary/aromatic N) is 1. The molecular weight excluding hydrogens is 237 g/mol. The minimum atomic E-state index is -4.55. The van der Waals surface area contributed by atoms with Crippen molar-refractivity contribution in [1.82, 2.24) is 4.98 Å². The lowest BCUT2D eigenvalue weighted by atomic mass is 10.1. The van der Waals surface area contributed by atoms with E-state index in [4.69, 9.17) is 5.11 Å². The maximum atomic E-state index is 12.4. The number of alkyl halides is 3. The fraction of sp³-hybridized carbons (Fsp3) is 0.400. The quantitative estimate of drug-likeness (QED) is 0.862. The largest absolute Gasteiger partial charge is 0.480 e. The van der Waals surface area contributed by atoms with Crippen LogP contribution in [0.25, 0.3) is 0 Å². The van der Waals surface area contributed by atoms with Crippen molar-refractivity contribution in [3.05, 3.63) is 23.9 Å². The normalized spacial score (nSPS) is 12.3. The Bertz CT molecular complexity index is 430. The first-order valence-corrected chi connectivity index (χ1v) is 4.69. The number of halogens is 3. The van der Waals surface area contributed by atoms with Crippen LogP contribution in [0.3, 0.4) is 0 Å². The van der Waals surface area contributed by atoms with E-state index in [1.807, 2.05) is 0 Å². The summed E-state index contributed by atoms with van der Waals surface area (Å²) in [7, 11) is 0. The number of nitrogens with one attached hydrogen (secondary N) is 1. The Morgan fingerprint density at radius 3 is 2.41 bits per heavy atom. The molecule has 1 heterocycles. The van der Waals surface area contributed by atoms with Crippen LogP contribution in [0.4, 0.5) is 19.0 Å². The van der Waals surface area contributed by atoms with Crippen LogP contribution in [0.15, 0.2) is 18.2 Å². The zero-order valence-electron chi connectivity index (χ0n) is 9.17. The van der Waals surface area contributed by atoms with Gasteiger partial charge in [0.1, 0.15) is 17.1 Å². The van der Waals surface area contributed by atoms with E-state index in [1.165, 1.54) is 19.9 Å². The summed E-state index contributed by atoms with van der Waals surface area (Å²) in [5.41, 5.74) is -2.46. The van der Waals surface area contributed by atoms with Crippen LogP contribution in [0, 0.1) is 0 Å². The molecule has 0 saturated carbocycles. The molecule has 2 N–H and O–H groups in total. The highest BCUT2D eigenvalue weighted by atomic mass is 19.4. The van der Waals surface area contributed by atoms with Crippen LogP contribution in [-0.2, 0) is 11.0 Å². The van der Waals surface area contributed by atoms with Crippen LogP contribution in [0.2, 0.25) is 0 Å². The third kappa shape index (κ3) is 3.33. The van der Waals surface area contributed by atoms with Crippen LogP contribution >= 0.6 is 0 Å². The SMILES string of the molecule is CC(C)(Nc1cccc(C(F)(F)F)n1)C(=O)O. The van der Waals surface area contributed by atoms with E-state index in [9.17, 15) is 18.0 Å². The molecule has 0 aliphatic carbocycles. The van der Waals surface area contributed by atoms with Crippen molar-refractivity contribution < 1.29 is 23.1 Å². The lowest BCUT2D eigenvalue weighted by Gasteiger charge is -2.22. The second kappa shape index (κ2) is 4.23. The van der Waals surface area contributed by atoms with Crippen LogP contribution in [-0.4, -0.2) is 21.6 Å². The third-order valence-corrected chi connectivity index (χ3v) is 2.01. The van der Waals surface area contributed by atoms with Crippen LogP contribution < -0.4 is 5.32 Å². The summed E-state index contributed by atoms with van der Waals surface area (Å²) in [6.45, 7) is 2.66. The molecule has 17 heavy (non-hydrogen) atoms. The number of aliphatic carboxylic acids is 1. The summed E-state index contributed by atoms with van der Waals surface area (Å²) in [5, 5.41) is 11.2. The van der Waals surface area contributed by atoms with Gasteiger partial charge in [0, 0.05) is 0 Å². The molecule has 0 aliphatic heterocycles. The average Bonchev–Trinajstić information content (AvgIpc) is 2.15. The Labute approximate surface area is 95.5 Å². The fourth-order valence-corrected chi connectivity index (χ4v) is 1.04. The lowest BCUT2D eigenvalue weighted by Crippen LogP contribution is -2.40. The van der Waals surface area contributed by atoms with Gasteiger partial charge in [-0.05, 0) is 26.0 Å². The number of aromatic nitrogens is 1. The topological polar surface area (TPSA) is 62.2 Å². The van der Waals surface area contributed by atoms with Crippen molar-refractivity contribution in [2.45, 2.75) is 25.6 Å². The van der Waals surface area contributed by atoms with Crippen molar-refractivity contribution >= 4 is 11.8 Å². The molecule has 0 unspecified atom stereocenters. The van der Waals surface area contributed by atoms with E-state index in [2.05, 4.69) is 10.3 Å². The maximum Gasteiger partial charge on any atom is 0.433 e. The zero-order valence-corrected chi connectivity index (χ0v) is 9.17. The lowest BCUT2D eigenvalue weighted by molar-refractivity contribution is -0.141. The Balaban J connectivity index is 2.98. The number of anilines is 1. The van der Waals surface area contributed by atoms with E-state index in [0.717, 1.165) is 12.1 Å². The van der Waals surface area contributed by atoms with Gasteiger partial charge in [-0.1, -0.05) is 6.07 Å². The van der Waals surface area contributed by atoms with Crippen molar-refractivity contribution in [3.63, 3.8) is 0 Å². The van der Waals surface area contributed by atoms with E-state index in [0.29, 0.717) is 0 Å². The van der Waals surface area contributed by atoms with Gasteiger partial charge in [-0.2, -0.15) is 13.2 Å². The Morgan fingerprint density at radius 1 is 1.35 bits per heavy atom. The Morgan fingerprint density at radius 2 is 1.94 bits per heavy atom. The molecule has 0 aromatic carbocycles. The van der Waals surface area contributed by atoms with Gasteiger partial charge in [-0.3, -0.25) is 0 Å². The molecule has 0 saturated heterocycles. The Hall–Kier alpha value is -1.79. The van der Waals surface area contributed by atoms with Gasteiger partial charge in [-0.25, -0.2) is 9.78 Å². The zero-order chi connectivity index (χ0) is 13.3. The molecule has 0 amide bonds. The molecule has 94 valence electrons. The van der Waals surface area contributed by atoms with Crippen molar-refractivity contribution in [2.75, 3.05) is 5.32 Å². The summed E-state index contributed by atoms with van der Waals surface area (Å²) >= 11 is 0. The first-order valence-electron chi connectivity index (χ1n) is 4.69. The van der Waals surface area contributed by atoms with Crippen LogP contribution in [0.5, 0.6) is 0 Å². The monoisotopic (exact) mass is 248 g/mol. The predicted octanol–water partition coefficient (Wildman–Crippen LogP) is 2.38. The summed E-state index contributed by atoms with van der Waals surface area (Å²) < 4.78 is 37.1. The summed E-state index contributed by atoms with van der Waals surface area (Å²) in [6, 6.07) is 3.26. The third-order valence-electron chi connectivity index (χ3n) is 2.01. The van der Waals surface area contributed by atoms with Gasteiger partial charge < -0.3 is 10.4 Å². The first-order chi connectivity index (χ1) is 7.63. The summed E-state index contributed by atoms with van der Waals surface area (Å²) in [6.07, 6.45) is -4.55. The van der Waals surface area contributed by atoms with Gasteiger partial charge in [0.05, 0.1) is 0 Å². The highest BCUT2D eigenvalue weighted by Gasteiger charge is 2.33. The second-order valence-electron chi connectivity index (χ2n) is 3.96. The molecule has 0 fully saturated rings. The van der Waals surface area contributed by atoms with Crippen molar-refractivity contribution in [3.8, 4) is 0 Å². The molecule has 0 bridgehead atoms. The number of pyridine rings is 1. The number of carboxylic acids is 1. The number of carboxylic acid groups (broad SMARTS) is 1. The molecule has 4 nitrogen and oxygen atoms in total. The minimum Gasteiger partial charge on any atom is -0.480 e. The molecule has 1 aromatic heterocycles. The van der Waals surface area contributed by atoms with E-state index < -0.39 is 23.4 Å². The molecule has 1 rings (SSSR count). The molecule has 0 radical (unpaired) electrons. The van der Waals surface area contributed by atoms with E-state index in [1.54, 1.807) is 0 Å².